The number of carbonyl (C=O) groups is 2. The molecular formula is C50H71N6O14PS2. The van der Waals surface area contributed by atoms with Crippen LogP contribution in [0.5, 0.6) is 0 Å². The zero-order chi connectivity index (χ0) is 52.8. The third-order valence-electron chi connectivity index (χ3n) is 12.0. The first-order chi connectivity index (χ1) is 34.7. The number of nitrogens with zero attached hydrogens (tertiary/aromatic N) is 2. The number of benzene rings is 4. The van der Waals surface area contributed by atoms with Crippen LogP contribution in [0.15, 0.2) is 119 Å². The monoisotopic (exact) mass is 1070 g/mol. The first-order valence-corrected chi connectivity index (χ1v) is 28.9. The van der Waals surface area contributed by atoms with Crippen molar-refractivity contribution in [1.29, 1.82) is 0 Å². The van der Waals surface area contributed by atoms with E-state index in [2.05, 4.69) is 10.6 Å². The molecular weight excluding hydrogens is 1000 g/mol. The van der Waals surface area contributed by atoms with Gasteiger partial charge in [-0.25, -0.2) is 0 Å². The van der Waals surface area contributed by atoms with Gasteiger partial charge >= 0.3 is 431 Å². The number of hydrogen-bond donors (Lipinski definition) is 6. The van der Waals surface area contributed by atoms with E-state index in [-0.39, 0.29) is 60.8 Å². The summed E-state index contributed by atoms with van der Waals surface area (Å²) in [5, 5.41) is 5.64. The van der Waals surface area contributed by atoms with E-state index in [1.54, 1.807) is 88.4 Å². The van der Waals surface area contributed by atoms with Crippen molar-refractivity contribution in [2.75, 3.05) is 64.1 Å². The Hall–Kier alpha value is -4.97. The molecule has 73 heavy (non-hydrogen) atoms. The van der Waals surface area contributed by atoms with Gasteiger partial charge in [-0.05, 0) is 0 Å². The maximum absolute atomic E-state index is 14.6. The number of amides is 2. The van der Waals surface area contributed by atoms with Crippen molar-refractivity contribution in [2.24, 2.45) is 11.8 Å². The number of rotatable bonds is 26. The molecule has 0 radical (unpaired) electrons. The van der Waals surface area contributed by atoms with Crippen LogP contribution >= 0.6 is 8.17 Å². The van der Waals surface area contributed by atoms with Crippen LogP contribution in [0.1, 0.15) is 51.7 Å². The molecule has 0 aliphatic carbocycles. The predicted molar refractivity (Wildman–Crippen MR) is 277 cm³/mol. The van der Waals surface area contributed by atoms with Crippen LogP contribution in [0.25, 0.3) is 0 Å². The van der Waals surface area contributed by atoms with E-state index in [0.29, 0.717) is 48.6 Å². The molecule has 0 bridgehead atoms. The van der Waals surface area contributed by atoms with Gasteiger partial charge in [-0.3, -0.25) is 0 Å². The van der Waals surface area contributed by atoms with E-state index >= 15 is 0 Å². The molecule has 2 aliphatic heterocycles. The van der Waals surface area contributed by atoms with Gasteiger partial charge in [-0.2, -0.15) is 0 Å². The van der Waals surface area contributed by atoms with Gasteiger partial charge in [0.05, 0.1) is 0 Å². The minimum absolute atomic E-state index is 0.0377. The number of nitrogen functional groups attached to an aromatic ring is 2. The Bertz CT molecular complexity index is 2400. The van der Waals surface area contributed by atoms with Crippen LogP contribution in [0.4, 0.5) is 21.0 Å². The first-order valence-electron chi connectivity index (χ1n) is 24.4. The van der Waals surface area contributed by atoms with Gasteiger partial charge in [0.2, 0.25) is 0 Å². The molecule has 2 amide bonds. The summed E-state index contributed by atoms with van der Waals surface area (Å²) in [6.07, 6.45) is -5.43. The summed E-state index contributed by atoms with van der Waals surface area (Å²) in [6.45, 7) is 6.93. The third-order valence-corrected chi connectivity index (χ3v) is 16.9. The number of alkyl carbamates (subject to hydrolysis) is 2. The maximum atomic E-state index is 14.6. The second kappa shape index (κ2) is 26.5. The Morgan fingerprint density at radius 2 is 0.959 bits per heavy atom. The molecule has 0 spiro atoms. The van der Waals surface area contributed by atoms with Crippen molar-refractivity contribution < 1.29 is 64.2 Å². The van der Waals surface area contributed by atoms with Gasteiger partial charge in [-0.15, -0.1) is 0 Å². The molecule has 6 rings (SSSR count). The van der Waals surface area contributed by atoms with Gasteiger partial charge in [0.15, 0.2) is 0 Å². The normalized spacial score (nSPS) is 18.4. The SMILES string of the molecule is CC(C)CN(C[C@@H](O[PH](O)(O)O[C@H](CN(CC(C)C)S(=O)(=O)c1ccc(N)cc1)[C@H](Cc1ccccc1)NC(=O)O[C@H]1CCOC1)[C@H](Cc1ccccc1)NC(=O)O[C@H]1CCOC1)S(=O)(=O)c1ccc(N)cc1. The zero-order valence-corrected chi connectivity index (χ0v) is 44.3. The summed E-state index contributed by atoms with van der Waals surface area (Å²) in [4.78, 5) is 52.4. The fourth-order valence-corrected chi connectivity index (χ4v) is 13.0. The van der Waals surface area contributed by atoms with E-state index in [4.69, 9.17) is 39.5 Å². The Morgan fingerprint density at radius 1 is 0.603 bits per heavy atom. The first kappa shape index (κ1) is 57.3. The predicted octanol–water partition coefficient (Wildman–Crippen LogP) is 5.26. The Labute approximate surface area is 429 Å². The molecule has 2 heterocycles. The topological polar surface area (TPSA) is 281 Å². The summed E-state index contributed by atoms with van der Waals surface area (Å²) in [5.74, 6) is -0.559. The van der Waals surface area contributed by atoms with Gasteiger partial charge in [0, 0.05) is 0 Å². The molecule has 402 valence electrons. The Kier molecular flexibility index (Phi) is 20.8. The van der Waals surface area contributed by atoms with Crippen LogP contribution in [0.3, 0.4) is 0 Å². The van der Waals surface area contributed by atoms with E-state index in [1.807, 2.05) is 0 Å². The number of carbonyl (C=O) groups excluding carboxylic acids is 2. The van der Waals surface area contributed by atoms with Crippen molar-refractivity contribution in [2.45, 2.75) is 99.7 Å². The summed E-state index contributed by atoms with van der Waals surface area (Å²) in [5.41, 5.74) is 13.8. The number of hydrogen-bond acceptors (Lipinski definition) is 16. The molecule has 23 heteroatoms. The number of ether oxygens (including phenoxy) is 4. The van der Waals surface area contributed by atoms with Crippen LogP contribution in [0.2, 0.25) is 0 Å². The molecule has 0 saturated carbocycles. The number of nitrogens with one attached hydrogen (secondary N) is 2. The molecule has 20 nitrogen and oxygen atoms in total. The third kappa shape index (κ3) is 17.6. The van der Waals surface area contributed by atoms with Gasteiger partial charge in [0.1, 0.15) is 0 Å². The van der Waals surface area contributed by atoms with Gasteiger partial charge in [-0.1, -0.05) is 0 Å². The van der Waals surface area contributed by atoms with Gasteiger partial charge < -0.3 is 0 Å². The average molecular weight is 1080 g/mol. The van der Waals surface area contributed by atoms with Crippen molar-refractivity contribution in [3.63, 3.8) is 0 Å². The second-order valence-corrected chi connectivity index (χ2v) is 24.5. The quantitative estimate of drug-likeness (QED) is 0.0345. The van der Waals surface area contributed by atoms with Crippen LogP contribution in [-0.4, -0.2) is 137 Å². The van der Waals surface area contributed by atoms with Crippen molar-refractivity contribution in [3.05, 3.63) is 120 Å². The van der Waals surface area contributed by atoms with E-state index in [0.717, 1.165) is 8.61 Å². The molecule has 4 aromatic rings. The standard InChI is InChI=1S/C50H71N6O14PS2/c1-35(2)29-55(72(61,62)43-19-15-39(51)16-20-43)31-47(45(27-37-11-7-5-8-12-37)53-49(57)67-41-23-25-65-33-41)69-71(59,60)70-48(32-56(30-36(3)4)73(63,64)44-21-17-40(52)18-22-44)46(28-38-13-9-6-10-14-38)54-50(58)68-42-24-26-66-34-42/h5-22,35-36,41-42,45-48,59-60,71H,23-34,51-52H2,1-4H3,(H,53,57)(H,54,58)/t41-,42-,45-,46-,47+,48+/m0/s1. The molecule has 2 fully saturated rings. The van der Waals surface area contributed by atoms with Crippen molar-refractivity contribution in [1.82, 2.24) is 19.2 Å². The molecule has 6 atom stereocenters. The number of nitrogens with two attached hydrogens (primary N) is 2. The van der Waals surface area contributed by atoms with Crippen molar-refractivity contribution in [3.8, 4) is 0 Å². The molecule has 0 aromatic heterocycles. The summed E-state index contributed by atoms with van der Waals surface area (Å²) >= 11 is 0. The summed E-state index contributed by atoms with van der Waals surface area (Å²) < 4.78 is 95.8. The second-order valence-electron chi connectivity index (χ2n) is 19.1. The molecule has 4 aromatic carbocycles. The molecule has 2 aliphatic rings. The fourth-order valence-electron chi connectivity index (χ4n) is 8.42. The van der Waals surface area contributed by atoms with E-state index in [9.17, 15) is 36.2 Å². The number of sulfonamides is 2. The summed E-state index contributed by atoms with van der Waals surface area (Å²) in [7, 11) is -14.5. The van der Waals surface area contributed by atoms with Crippen LogP contribution < -0.4 is 22.1 Å². The Morgan fingerprint density at radius 3 is 1.27 bits per heavy atom. The van der Waals surface area contributed by atoms with Crippen LogP contribution in [-0.2, 0) is 60.9 Å². The minimum atomic E-state index is -5.77. The van der Waals surface area contributed by atoms with E-state index < -0.39 is 90.0 Å². The zero-order valence-electron chi connectivity index (χ0n) is 41.7. The van der Waals surface area contributed by atoms with Gasteiger partial charge in [0.25, 0.3) is 0 Å². The summed E-state index contributed by atoms with van der Waals surface area (Å²) in [6, 6.07) is 26.4. The average Bonchev–Trinajstić information content (AvgIpc) is 4.06. The number of anilines is 2. The fraction of sp³-hybridized carbons (Fsp3) is 0.480. The Balaban J connectivity index is 1.46. The molecule has 8 N–H and O–H groups in total. The van der Waals surface area contributed by atoms with Crippen molar-refractivity contribution >= 4 is 51.8 Å². The van der Waals surface area contributed by atoms with E-state index in [1.165, 1.54) is 48.5 Å². The van der Waals surface area contributed by atoms with Crippen LogP contribution in [0, 0.1) is 11.8 Å². The molecule has 0 unspecified atom stereocenters. The molecule has 2 saturated heterocycles.